The molecule has 0 saturated heterocycles. The Hall–Kier alpha value is -1.58. The van der Waals surface area contributed by atoms with E-state index >= 15 is 0 Å². The second-order valence-corrected chi connectivity index (χ2v) is 4.44. The Labute approximate surface area is 110 Å². The summed E-state index contributed by atoms with van der Waals surface area (Å²) in [5, 5.41) is 12.0. The van der Waals surface area contributed by atoms with Crippen LogP contribution in [0.2, 0.25) is 0 Å². The molecule has 0 saturated carbocycles. The van der Waals surface area contributed by atoms with E-state index in [1.165, 1.54) is 12.1 Å². The van der Waals surface area contributed by atoms with E-state index in [9.17, 15) is 13.2 Å². The van der Waals surface area contributed by atoms with Crippen molar-refractivity contribution in [1.29, 1.82) is 5.26 Å². The fourth-order valence-corrected chi connectivity index (χ4v) is 1.54. The number of rotatable bonds is 5. The third-order valence-electron chi connectivity index (χ3n) is 2.61. The second kappa shape index (κ2) is 6.55. The van der Waals surface area contributed by atoms with Crippen LogP contribution in [0.1, 0.15) is 17.2 Å². The molecule has 6 heteroatoms. The molecule has 0 amide bonds. The fourth-order valence-electron chi connectivity index (χ4n) is 1.54. The number of hydrogen-bond acceptors (Lipinski definition) is 3. The zero-order chi connectivity index (χ0) is 14.5. The molecule has 3 nitrogen and oxygen atoms in total. The van der Waals surface area contributed by atoms with Gasteiger partial charge < -0.3 is 4.90 Å². The molecule has 19 heavy (non-hydrogen) atoms. The highest BCUT2D eigenvalue weighted by atomic mass is 19.4. The van der Waals surface area contributed by atoms with Gasteiger partial charge in [0.1, 0.15) is 6.04 Å². The SMILES string of the molecule is CN(C)CCNC(C#N)c1ccc(C(F)(F)F)cc1. The fraction of sp³-hybridized carbons (Fsp3) is 0.462. The summed E-state index contributed by atoms with van der Waals surface area (Å²) in [7, 11) is 3.81. The summed E-state index contributed by atoms with van der Waals surface area (Å²) in [4.78, 5) is 1.95. The molecule has 1 rings (SSSR count). The van der Waals surface area contributed by atoms with Crippen molar-refractivity contribution in [3.8, 4) is 6.07 Å². The van der Waals surface area contributed by atoms with Crippen molar-refractivity contribution in [2.24, 2.45) is 0 Å². The van der Waals surface area contributed by atoms with Crippen molar-refractivity contribution < 1.29 is 13.2 Å². The van der Waals surface area contributed by atoms with Gasteiger partial charge in [-0.05, 0) is 31.8 Å². The standard InChI is InChI=1S/C13H16F3N3/c1-19(2)8-7-18-12(9-17)10-3-5-11(6-4-10)13(14,15)16/h3-6,12,18H,7-8H2,1-2H3. The summed E-state index contributed by atoms with van der Waals surface area (Å²) in [6, 6.07) is 6.10. The summed E-state index contributed by atoms with van der Waals surface area (Å²) in [5.41, 5.74) is -0.171. The first-order valence-electron chi connectivity index (χ1n) is 5.79. The monoisotopic (exact) mass is 271 g/mol. The van der Waals surface area contributed by atoms with E-state index < -0.39 is 17.8 Å². The molecule has 1 N–H and O–H groups in total. The predicted molar refractivity (Wildman–Crippen MR) is 66.4 cm³/mol. The molecule has 0 aliphatic rings. The molecule has 0 spiro atoms. The first-order valence-corrected chi connectivity index (χ1v) is 5.79. The molecule has 1 atom stereocenters. The van der Waals surface area contributed by atoms with Crippen LogP contribution in [0.3, 0.4) is 0 Å². The van der Waals surface area contributed by atoms with Crippen molar-refractivity contribution in [1.82, 2.24) is 10.2 Å². The Morgan fingerprint density at radius 3 is 2.26 bits per heavy atom. The highest BCUT2D eigenvalue weighted by Crippen LogP contribution is 2.29. The topological polar surface area (TPSA) is 39.1 Å². The molecule has 104 valence electrons. The highest BCUT2D eigenvalue weighted by molar-refractivity contribution is 5.29. The molecule has 0 aromatic heterocycles. The van der Waals surface area contributed by atoms with E-state index in [1.54, 1.807) is 0 Å². The lowest BCUT2D eigenvalue weighted by Crippen LogP contribution is -2.29. The summed E-state index contributed by atoms with van der Waals surface area (Å²) < 4.78 is 37.2. The Morgan fingerprint density at radius 1 is 1.26 bits per heavy atom. The van der Waals surface area contributed by atoms with Crippen LogP contribution < -0.4 is 5.32 Å². The van der Waals surface area contributed by atoms with E-state index in [2.05, 4.69) is 5.32 Å². The zero-order valence-corrected chi connectivity index (χ0v) is 10.8. The maximum atomic E-state index is 12.4. The molecular formula is C13H16F3N3. The third kappa shape index (κ3) is 4.89. The molecule has 1 aromatic rings. The average molecular weight is 271 g/mol. The van der Waals surface area contributed by atoms with Gasteiger partial charge in [-0.2, -0.15) is 18.4 Å². The molecule has 0 radical (unpaired) electrons. The number of hydrogen-bond donors (Lipinski definition) is 1. The Bertz CT molecular complexity index is 432. The number of nitriles is 1. The van der Waals surface area contributed by atoms with Crippen molar-refractivity contribution >= 4 is 0 Å². The van der Waals surface area contributed by atoms with Crippen LogP contribution >= 0.6 is 0 Å². The number of alkyl halides is 3. The summed E-state index contributed by atoms with van der Waals surface area (Å²) >= 11 is 0. The molecule has 0 aliphatic carbocycles. The smallest absolute Gasteiger partial charge is 0.308 e. The first-order chi connectivity index (χ1) is 8.84. The Morgan fingerprint density at radius 2 is 1.84 bits per heavy atom. The number of nitrogens with one attached hydrogen (secondary N) is 1. The minimum absolute atomic E-state index is 0.536. The molecule has 0 aliphatic heterocycles. The number of likely N-dealkylation sites (N-methyl/N-ethyl adjacent to an activating group) is 1. The molecule has 1 aromatic carbocycles. The van der Waals surface area contributed by atoms with Crippen molar-refractivity contribution in [3.05, 3.63) is 35.4 Å². The summed E-state index contributed by atoms with van der Waals surface area (Å²) in [5.74, 6) is 0. The molecule has 1 unspecified atom stereocenters. The van der Waals surface area contributed by atoms with E-state index in [1.807, 2.05) is 25.1 Å². The van der Waals surface area contributed by atoms with E-state index in [0.717, 1.165) is 18.7 Å². The predicted octanol–water partition coefficient (Wildman–Crippen LogP) is 2.42. The largest absolute Gasteiger partial charge is 0.416 e. The van der Waals surface area contributed by atoms with Gasteiger partial charge in [0, 0.05) is 13.1 Å². The highest BCUT2D eigenvalue weighted by Gasteiger charge is 2.30. The molecule has 0 fully saturated rings. The molecular weight excluding hydrogens is 255 g/mol. The van der Waals surface area contributed by atoms with Crippen LogP contribution in [-0.4, -0.2) is 32.1 Å². The average Bonchev–Trinajstić information content (AvgIpc) is 2.33. The van der Waals surface area contributed by atoms with Crippen LogP contribution in [0.4, 0.5) is 13.2 Å². The van der Waals surface area contributed by atoms with Gasteiger partial charge in [-0.25, -0.2) is 0 Å². The summed E-state index contributed by atoms with van der Waals surface area (Å²) in [6.07, 6.45) is -4.35. The number of nitrogens with zero attached hydrogens (tertiary/aromatic N) is 2. The van der Waals surface area contributed by atoms with Gasteiger partial charge in [0.25, 0.3) is 0 Å². The zero-order valence-electron chi connectivity index (χ0n) is 10.8. The lowest BCUT2D eigenvalue weighted by Gasteiger charge is -2.15. The van der Waals surface area contributed by atoms with Gasteiger partial charge in [-0.1, -0.05) is 12.1 Å². The summed E-state index contributed by atoms with van der Waals surface area (Å²) in [6.45, 7) is 1.34. The number of halogens is 3. The second-order valence-electron chi connectivity index (χ2n) is 4.44. The van der Waals surface area contributed by atoms with E-state index in [4.69, 9.17) is 5.26 Å². The normalized spacial score (nSPS) is 13.3. The minimum Gasteiger partial charge on any atom is -0.308 e. The van der Waals surface area contributed by atoms with Gasteiger partial charge in [0.15, 0.2) is 0 Å². The van der Waals surface area contributed by atoms with Crippen molar-refractivity contribution in [3.63, 3.8) is 0 Å². The molecule has 0 heterocycles. The van der Waals surface area contributed by atoms with Crippen LogP contribution in [-0.2, 0) is 6.18 Å². The van der Waals surface area contributed by atoms with E-state index in [0.29, 0.717) is 12.1 Å². The Balaban J connectivity index is 2.70. The lowest BCUT2D eigenvalue weighted by atomic mass is 10.1. The van der Waals surface area contributed by atoms with Gasteiger partial charge in [-0.3, -0.25) is 5.32 Å². The van der Waals surface area contributed by atoms with Crippen LogP contribution in [0.5, 0.6) is 0 Å². The van der Waals surface area contributed by atoms with Gasteiger partial charge in [0.05, 0.1) is 11.6 Å². The minimum atomic E-state index is -4.35. The van der Waals surface area contributed by atoms with E-state index in [-0.39, 0.29) is 0 Å². The van der Waals surface area contributed by atoms with Crippen LogP contribution in [0, 0.1) is 11.3 Å². The Kier molecular flexibility index (Phi) is 5.33. The third-order valence-corrected chi connectivity index (χ3v) is 2.61. The number of benzene rings is 1. The van der Waals surface area contributed by atoms with Crippen LogP contribution in [0.25, 0.3) is 0 Å². The quantitative estimate of drug-likeness (QED) is 0.894. The van der Waals surface area contributed by atoms with Crippen LogP contribution in [0.15, 0.2) is 24.3 Å². The van der Waals surface area contributed by atoms with Crippen molar-refractivity contribution in [2.75, 3.05) is 27.2 Å². The maximum absolute atomic E-state index is 12.4. The van der Waals surface area contributed by atoms with Gasteiger partial charge in [-0.15, -0.1) is 0 Å². The maximum Gasteiger partial charge on any atom is 0.416 e. The lowest BCUT2D eigenvalue weighted by molar-refractivity contribution is -0.137. The molecule has 0 bridgehead atoms. The van der Waals surface area contributed by atoms with Crippen molar-refractivity contribution in [2.45, 2.75) is 12.2 Å². The van der Waals surface area contributed by atoms with Gasteiger partial charge >= 0.3 is 6.18 Å². The van der Waals surface area contributed by atoms with Gasteiger partial charge in [0.2, 0.25) is 0 Å². The first kappa shape index (κ1) is 15.5.